The molecule has 2 aromatic rings. The molecule has 2 rings (SSSR count). The van der Waals surface area contributed by atoms with Crippen molar-refractivity contribution in [2.75, 3.05) is 12.3 Å². The molecule has 0 aliphatic carbocycles. The number of rotatable bonds is 5. The lowest BCUT2D eigenvalue weighted by molar-refractivity contribution is -0.383. The SMILES string of the molecule is Nc1cc(C(=O)NCCc2cccnc2)ccc1[N+](=O)[O-]. The Kier molecular flexibility index (Phi) is 4.45. The fraction of sp³-hybridized carbons (Fsp3) is 0.143. The molecule has 7 nitrogen and oxygen atoms in total. The molecule has 7 heteroatoms. The summed E-state index contributed by atoms with van der Waals surface area (Å²) in [7, 11) is 0. The molecular weight excluding hydrogens is 272 g/mol. The fourth-order valence-electron chi connectivity index (χ4n) is 1.83. The third kappa shape index (κ3) is 3.75. The third-order valence-corrected chi connectivity index (χ3v) is 2.91. The number of aromatic nitrogens is 1. The summed E-state index contributed by atoms with van der Waals surface area (Å²) in [5.74, 6) is -0.319. The van der Waals surface area contributed by atoms with E-state index in [9.17, 15) is 14.9 Å². The number of nitrogens with one attached hydrogen (secondary N) is 1. The number of nitrogens with two attached hydrogens (primary N) is 1. The van der Waals surface area contributed by atoms with Gasteiger partial charge in [0.2, 0.25) is 0 Å². The van der Waals surface area contributed by atoms with Crippen LogP contribution in [-0.4, -0.2) is 22.4 Å². The van der Waals surface area contributed by atoms with E-state index >= 15 is 0 Å². The number of hydrogen-bond donors (Lipinski definition) is 2. The van der Waals surface area contributed by atoms with Crippen molar-refractivity contribution in [3.05, 3.63) is 64.0 Å². The van der Waals surface area contributed by atoms with Crippen LogP contribution < -0.4 is 11.1 Å². The number of carbonyl (C=O) groups is 1. The van der Waals surface area contributed by atoms with Gasteiger partial charge in [-0.25, -0.2) is 0 Å². The molecule has 1 amide bonds. The standard InChI is InChI=1S/C14H14N4O3/c15-12-8-11(3-4-13(12)18(20)21)14(19)17-7-5-10-2-1-6-16-9-10/h1-4,6,8-9H,5,7,15H2,(H,17,19). The van der Waals surface area contributed by atoms with Gasteiger partial charge in [0.25, 0.3) is 11.6 Å². The van der Waals surface area contributed by atoms with Gasteiger partial charge in [0.1, 0.15) is 5.69 Å². The first kappa shape index (κ1) is 14.4. The first-order valence-electron chi connectivity index (χ1n) is 6.29. The summed E-state index contributed by atoms with van der Waals surface area (Å²) >= 11 is 0. The molecule has 0 saturated heterocycles. The van der Waals surface area contributed by atoms with Gasteiger partial charge in [-0.2, -0.15) is 0 Å². The average molecular weight is 286 g/mol. The minimum atomic E-state index is -0.584. The zero-order valence-corrected chi connectivity index (χ0v) is 11.2. The number of nitro benzene ring substituents is 1. The van der Waals surface area contributed by atoms with Gasteiger partial charge in [0.05, 0.1) is 4.92 Å². The van der Waals surface area contributed by atoms with Crippen molar-refractivity contribution < 1.29 is 9.72 Å². The summed E-state index contributed by atoms with van der Waals surface area (Å²) in [5, 5.41) is 13.4. The molecule has 0 unspecified atom stereocenters. The highest BCUT2D eigenvalue weighted by molar-refractivity contribution is 5.95. The van der Waals surface area contributed by atoms with Crippen LogP contribution in [0.25, 0.3) is 0 Å². The molecule has 0 aliphatic rings. The van der Waals surface area contributed by atoms with Gasteiger partial charge in [-0.1, -0.05) is 6.07 Å². The van der Waals surface area contributed by atoms with Gasteiger partial charge >= 0.3 is 0 Å². The zero-order chi connectivity index (χ0) is 15.2. The van der Waals surface area contributed by atoms with Gasteiger partial charge in [-0.05, 0) is 30.2 Å². The number of carbonyl (C=O) groups excluding carboxylic acids is 1. The van der Waals surface area contributed by atoms with E-state index in [0.717, 1.165) is 5.56 Å². The van der Waals surface area contributed by atoms with Crippen molar-refractivity contribution in [3.8, 4) is 0 Å². The van der Waals surface area contributed by atoms with Crippen molar-refractivity contribution >= 4 is 17.3 Å². The first-order chi connectivity index (χ1) is 10.1. The number of pyridine rings is 1. The molecule has 0 atom stereocenters. The van der Waals surface area contributed by atoms with E-state index in [2.05, 4.69) is 10.3 Å². The van der Waals surface area contributed by atoms with Crippen LogP contribution in [0.4, 0.5) is 11.4 Å². The average Bonchev–Trinajstić information content (AvgIpc) is 2.47. The Labute approximate surface area is 121 Å². The molecule has 21 heavy (non-hydrogen) atoms. The zero-order valence-electron chi connectivity index (χ0n) is 11.2. The Hall–Kier alpha value is -2.96. The molecule has 108 valence electrons. The normalized spacial score (nSPS) is 10.1. The van der Waals surface area contributed by atoms with Crippen LogP contribution in [0.5, 0.6) is 0 Å². The molecular formula is C14H14N4O3. The number of hydrogen-bond acceptors (Lipinski definition) is 5. The summed E-state index contributed by atoms with van der Waals surface area (Å²) in [6.45, 7) is 0.446. The second-order valence-electron chi connectivity index (χ2n) is 4.40. The van der Waals surface area contributed by atoms with Crippen molar-refractivity contribution in [3.63, 3.8) is 0 Å². The van der Waals surface area contributed by atoms with Crippen molar-refractivity contribution in [2.24, 2.45) is 0 Å². The Balaban J connectivity index is 1.94. The number of nitro groups is 1. The molecule has 0 bridgehead atoms. The molecule has 0 saturated carbocycles. The Bertz CT molecular complexity index is 659. The van der Waals surface area contributed by atoms with E-state index in [1.165, 1.54) is 18.2 Å². The number of amides is 1. The predicted molar refractivity (Wildman–Crippen MR) is 77.8 cm³/mol. The number of nitrogen functional groups attached to an aromatic ring is 1. The smallest absolute Gasteiger partial charge is 0.292 e. The highest BCUT2D eigenvalue weighted by atomic mass is 16.6. The summed E-state index contributed by atoms with van der Waals surface area (Å²) in [6, 6.07) is 7.66. The lowest BCUT2D eigenvalue weighted by atomic mass is 10.1. The van der Waals surface area contributed by atoms with E-state index in [4.69, 9.17) is 5.73 Å². The number of anilines is 1. The Morgan fingerprint density at radius 1 is 1.38 bits per heavy atom. The molecule has 1 aromatic carbocycles. The van der Waals surface area contributed by atoms with E-state index in [1.807, 2.05) is 12.1 Å². The highest BCUT2D eigenvalue weighted by Crippen LogP contribution is 2.21. The predicted octanol–water partition coefficient (Wildman–Crippen LogP) is 1.54. The molecule has 1 heterocycles. The molecule has 0 fully saturated rings. The molecule has 0 radical (unpaired) electrons. The lowest BCUT2D eigenvalue weighted by Crippen LogP contribution is -2.25. The first-order valence-corrected chi connectivity index (χ1v) is 6.29. The third-order valence-electron chi connectivity index (χ3n) is 2.91. The fourth-order valence-corrected chi connectivity index (χ4v) is 1.83. The van der Waals surface area contributed by atoms with Crippen molar-refractivity contribution in [1.29, 1.82) is 0 Å². The minimum Gasteiger partial charge on any atom is -0.393 e. The summed E-state index contributed by atoms with van der Waals surface area (Å²) in [6.07, 6.45) is 4.07. The second kappa shape index (κ2) is 6.47. The van der Waals surface area contributed by atoms with E-state index in [-0.39, 0.29) is 17.3 Å². The van der Waals surface area contributed by atoms with Crippen LogP contribution in [0.2, 0.25) is 0 Å². The molecule has 3 N–H and O–H groups in total. The van der Waals surface area contributed by atoms with Crippen LogP contribution in [0, 0.1) is 10.1 Å². The Morgan fingerprint density at radius 2 is 2.19 bits per heavy atom. The van der Waals surface area contributed by atoms with Gasteiger partial charge in [-0.15, -0.1) is 0 Å². The summed E-state index contributed by atoms with van der Waals surface area (Å²) < 4.78 is 0. The van der Waals surface area contributed by atoms with Crippen LogP contribution >= 0.6 is 0 Å². The van der Waals surface area contributed by atoms with Crippen LogP contribution in [0.15, 0.2) is 42.7 Å². The maximum atomic E-state index is 11.9. The second-order valence-corrected chi connectivity index (χ2v) is 4.40. The van der Waals surface area contributed by atoms with Gasteiger partial charge in [0, 0.05) is 30.6 Å². The van der Waals surface area contributed by atoms with Crippen molar-refractivity contribution in [2.45, 2.75) is 6.42 Å². The molecule has 0 aliphatic heterocycles. The van der Waals surface area contributed by atoms with E-state index in [0.29, 0.717) is 18.5 Å². The summed E-state index contributed by atoms with van der Waals surface area (Å²) in [5.41, 5.74) is 6.63. The van der Waals surface area contributed by atoms with Gasteiger partial charge in [-0.3, -0.25) is 19.9 Å². The lowest BCUT2D eigenvalue weighted by Gasteiger charge is -2.06. The quantitative estimate of drug-likeness (QED) is 0.492. The van der Waals surface area contributed by atoms with Gasteiger partial charge < -0.3 is 11.1 Å². The van der Waals surface area contributed by atoms with E-state index in [1.54, 1.807) is 12.4 Å². The highest BCUT2D eigenvalue weighted by Gasteiger charge is 2.14. The van der Waals surface area contributed by atoms with Crippen LogP contribution in [-0.2, 0) is 6.42 Å². The molecule has 1 aromatic heterocycles. The minimum absolute atomic E-state index is 0.0279. The topological polar surface area (TPSA) is 111 Å². The Morgan fingerprint density at radius 3 is 2.81 bits per heavy atom. The maximum Gasteiger partial charge on any atom is 0.292 e. The van der Waals surface area contributed by atoms with Gasteiger partial charge in [0.15, 0.2) is 0 Å². The van der Waals surface area contributed by atoms with Crippen molar-refractivity contribution in [1.82, 2.24) is 10.3 Å². The van der Waals surface area contributed by atoms with E-state index < -0.39 is 4.92 Å². The summed E-state index contributed by atoms with van der Waals surface area (Å²) in [4.78, 5) is 26.0. The number of nitrogens with zero attached hydrogens (tertiary/aromatic N) is 2. The van der Waals surface area contributed by atoms with Crippen LogP contribution in [0.1, 0.15) is 15.9 Å². The monoisotopic (exact) mass is 286 g/mol. The maximum absolute atomic E-state index is 11.9. The van der Waals surface area contributed by atoms with Crippen LogP contribution in [0.3, 0.4) is 0 Å². The molecule has 0 spiro atoms. The largest absolute Gasteiger partial charge is 0.393 e. The number of benzene rings is 1.